The van der Waals surface area contributed by atoms with Crippen LogP contribution in [-0.4, -0.2) is 25.7 Å². The van der Waals surface area contributed by atoms with Crippen molar-refractivity contribution in [1.82, 2.24) is 19.7 Å². The fraction of sp³-hybridized carbons (Fsp3) is 0.0476. The minimum atomic E-state index is -0.204. The number of hydrogen-bond acceptors (Lipinski definition) is 5. The molecule has 0 radical (unpaired) electrons. The van der Waals surface area contributed by atoms with E-state index >= 15 is 0 Å². The van der Waals surface area contributed by atoms with E-state index in [1.54, 1.807) is 39.9 Å². The molecule has 3 heterocycles. The highest BCUT2D eigenvalue weighted by atomic mass is 32.1. The first-order valence-corrected chi connectivity index (χ1v) is 9.57. The van der Waals surface area contributed by atoms with Crippen molar-refractivity contribution in [2.45, 2.75) is 0 Å². The van der Waals surface area contributed by atoms with E-state index in [0.717, 1.165) is 32.1 Å². The largest absolute Gasteiger partial charge is 0.307 e. The number of aryl methyl sites for hydroxylation is 1. The Morgan fingerprint density at radius 3 is 2.79 bits per heavy atom. The summed E-state index contributed by atoms with van der Waals surface area (Å²) >= 11 is 1.55. The lowest BCUT2D eigenvalue weighted by Gasteiger charge is -2.07. The minimum absolute atomic E-state index is 0.204. The van der Waals surface area contributed by atoms with Crippen molar-refractivity contribution < 1.29 is 4.79 Å². The molecule has 0 saturated heterocycles. The summed E-state index contributed by atoms with van der Waals surface area (Å²) in [5.41, 5.74) is 5.27. The molecule has 0 saturated carbocycles. The van der Waals surface area contributed by atoms with Gasteiger partial charge in [0.25, 0.3) is 5.91 Å². The lowest BCUT2D eigenvalue weighted by Crippen LogP contribution is -2.12. The predicted molar refractivity (Wildman–Crippen MR) is 112 cm³/mol. The molecule has 2 aromatic carbocycles. The van der Waals surface area contributed by atoms with Gasteiger partial charge in [0.2, 0.25) is 0 Å². The first kappa shape index (κ1) is 16.6. The van der Waals surface area contributed by atoms with Crippen molar-refractivity contribution in [1.29, 1.82) is 0 Å². The Kier molecular flexibility index (Phi) is 3.87. The third-order valence-corrected chi connectivity index (χ3v) is 5.40. The summed E-state index contributed by atoms with van der Waals surface area (Å²) in [6.07, 6.45) is 5.57. The predicted octanol–water partition coefficient (Wildman–Crippen LogP) is 4.50. The van der Waals surface area contributed by atoms with Gasteiger partial charge in [-0.05, 0) is 41.3 Å². The van der Waals surface area contributed by atoms with Crippen molar-refractivity contribution >= 4 is 44.1 Å². The highest BCUT2D eigenvalue weighted by Gasteiger charge is 2.10. The molecule has 6 nitrogen and oxygen atoms in total. The second kappa shape index (κ2) is 6.54. The van der Waals surface area contributed by atoms with Gasteiger partial charge in [-0.3, -0.25) is 9.48 Å². The molecule has 0 atom stereocenters. The molecule has 0 aliphatic rings. The van der Waals surface area contributed by atoms with Crippen LogP contribution in [0, 0.1) is 0 Å². The first-order valence-electron chi connectivity index (χ1n) is 8.69. The Morgan fingerprint density at radius 1 is 1.00 bits per heavy atom. The number of anilines is 1. The monoisotopic (exact) mass is 385 g/mol. The van der Waals surface area contributed by atoms with Crippen molar-refractivity contribution in [3.63, 3.8) is 0 Å². The van der Waals surface area contributed by atoms with Crippen LogP contribution in [0.15, 0.2) is 66.6 Å². The Labute approximate surface area is 164 Å². The first-order chi connectivity index (χ1) is 13.7. The zero-order valence-electron chi connectivity index (χ0n) is 15.0. The van der Waals surface area contributed by atoms with Gasteiger partial charge in [-0.25, -0.2) is 9.97 Å². The molecule has 28 heavy (non-hydrogen) atoms. The van der Waals surface area contributed by atoms with E-state index in [1.807, 2.05) is 43.7 Å². The van der Waals surface area contributed by atoms with Gasteiger partial charge >= 0.3 is 0 Å². The minimum Gasteiger partial charge on any atom is -0.307 e. The van der Waals surface area contributed by atoms with Crippen molar-refractivity contribution in [2.24, 2.45) is 7.05 Å². The Morgan fingerprint density at radius 2 is 1.93 bits per heavy atom. The number of pyridine rings is 1. The van der Waals surface area contributed by atoms with Crippen molar-refractivity contribution in [3.8, 4) is 11.1 Å². The van der Waals surface area contributed by atoms with Gasteiger partial charge in [-0.2, -0.15) is 5.10 Å². The molecule has 0 unspecified atom stereocenters. The molecular weight excluding hydrogens is 370 g/mol. The average molecular weight is 385 g/mol. The summed E-state index contributed by atoms with van der Waals surface area (Å²) in [5.74, 6) is 0.310. The topological polar surface area (TPSA) is 72.7 Å². The molecule has 5 rings (SSSR count). The second-order valence-corrected chi connectivity index (χ2v) is 7.41. The summed E-state index contributed by atoms with van der Waals surface area (Å²) < 4.78 is 2.83. The maximum absolute atomic E-state index is 12.6. The van der Waals surface area contributed by atoms with Crippen LogP contribution in [-0.2, 0) is 7.05 Å². The maximum Gasteiger partial charge on any atom is 0.256 e. The molecule has 0 fully saturated rings. The molecule has 7 heteroatoms. The quantitative estimate of drug-likeness (QED) is 0.496. The molecule has 0 spiro atoms. The van der Waals surface area contributed by atoms with E-state index in [4.69, 9.17) is 0 Å². The molecule has 3 aromatic heterocycles. The normalized spacial score (nSPS) is 11.2. The van der Waals surface area contributed by atoms with Gasteiger partial charge in [0.1, 0.15) is 5.82 Å². The number of rotatable bonds is 3. The molecule has 0 bridgehead atoms. The van der Waals surface area contributed by atoms with Gasteiger partial charge in [-0.15, -0.1) is 11.3 Å². The summed E-state index contributed by atoms with van der Waals surface area (Å²) in [6.45, 7) is 0. The van der Waals surface area contributed by atoms with Crippen LogP contribution in [0.25, 0.3) is 32.1 Å². The van der Waals surface area contributed by atoms with Crippen LogP contribution in [0.5, 0.6) is 0 Å². The Hall–Kier alpha value is -3.58. The van der Waals surface area contributed by atoms with Crippen LogP contribution in [0.3, 0.4) is 0 Å². The smallest absolute Gasteiger partial charge is 0.256 e. The molecule has 136 valence electrons. The zero-order valence-corrected chi connectivity index (χ0v) is 15.8. The van der Waals surface area contributed by atoms with Gasteiger partial charge in [-0.1, -0.05) is 12.1 Å². The molecule has 0 aliphatic heterocycles. The van der Waals surface area contributed by atoms with E-state index in [-0.39, 0.29) is 5.91 Å². The van der Waals surface area contributed by atoms with E-state index in [1.165, 1.54) is 0 Å². The third kappa shape index (κ3) is 3.01. The van der Waals surface area contributed by atoms with Gasteiger partial charge in [0.05, 0.1) is 21.9 Å². The number of nitrogens with one attached hydrogen (secondary N) is 1. The SMILES string of the molecule is Cn1cc(-c2ccc3cnc(NC(=O)c4ccc5scnc5c4)cc3c2)cn1. The van der Waals surface area contributed by atoms with Gasteiger partial charge in [0.15, 0.2) is 0 Å². The second-order valence-electron chi connectivity index (χ2n) is 6.52. The van der Waals surface area contributed by atoms with Gasteiger partial charge < -0.3 is 5.32 Å². The average Bonchev–Trinajstić information content (AvgIpc) is 3.35. The number of carbonyl (C=O) groups is 1. The number of carbonyl (C=O) groups excluding carboxylic acids is 1. The number of hydrogen-bond donors (Lipinski definition) is 1. The number of amides is 1. The summed E-state index contributed by atoms with van der Waals surface area (Å²) in [7, 11) is 1.89. The highest BCUT2D eigenvalue weighted by Crippen LogP contribution is 2.25. The molecule has 1 amide bonds. The maximum atomic E-state index is 12.6. The fourth-order valence-electron chi connectivity index (χ4n) is 3.15. The summed E-state index contributed by atoms with van der Waals surface area (Å²) in [6, 6.07) is 13.5. The molecular formula is C21H15N5OS. The molecule has 1 N–H and O–H groups in total. The number of fused-ring (bicyclic) bond motifs is 2. The third-order valence-electron chi connectivity index (χ3n) is 4.59. The van der Waals surface area contributed by atoms with E-state index in [0.29, 0.717) is 11.4 Å². The number of thiazole rings is 1. The number of nitrogens with zero attached hydrogens (tertiary/aromatic N) is 4. The van der Waals surface area contributed by atoms with Crippen LogP contribution in [0.1, 0.15) is 10.4 Å². The Bertz CT molecular complexity index is 1340. The van der Waals surface area contributed by atoms with Crippen LogP contribution >= 0.6 is 11.3 Å². The van der Waals surface area contributed by atoms with E-state index in [9.17, 15) is 4.79 Å². The van der Waals surface area contributed by atoms with Gasteiger partial charge in [0, 0.05) is 36.0 Å². The standard InChI is InChI=1S/C21H15N5OS/c1-26-11-17(10-24-26)13-2-3-15-9-22-20(8-16(15)6-13)25-21(27)14-4-5-19-18(7-14)23-12-28-19/h2-12H,1H3,(H,22,25,27). The highest BCUT2D eigenvalue weighted by molar-refractivity contribution is 7.16. The zero-order chi connectivity index (χ0) is 19.1. The lowest BCUT2D eigenvalue weighted by molar-refractivity contribution is 0.102. The van der Waals surface area contributed by atoms with Crippen LogP contribution in [0.2, 0.25) is 0 Å². The lowest BCUT2D eigenvalue weighted by atomic mass is 10.1. The number of aromatic nitrogens is 4. The van der Waals surface area contributed by atoms with Crippen LogP contribution in [0.4, 0.5) is 5.82 Å². The Balaban J connectivity index is 1.45. The van der Waals surface area contributed by atoms with Crippen LogP contribution < -0.4 is 5.32 Å². The van der Waals surface area contributed by atoms with E-state index < -0.39 is 0 Å². The summed E-state index contributed by atoms with van der Waals surface area (Å²) in [4.78, 5) is 21.3. The fourth-order valence-corrected chi connectivity index (χ4v) is 3.81. The number of benzene rings is 2. The summed E-state index contributed by atoms with van der Waals surface area (Å²) in [5, 5.41) is 9.11. The molecule has 0 aliphatic carbocycles. The van der Waals surface area contributed by atoms with Crippen molar-refractivity contribution in [3.05, 3.63) is 72.1 Å². The van der Waals surface area contributed by atoms with E-state index in [2.05, 4.69) is 26.4 Å². The van der Waals surface area contributed by atoms with Crippen molar-refractivity contribution in [2.75, 3.05) is 5.32 Å². The molecule has 5 aromatic rings.